The van der Waals surface area contributed by atoms with E-state index in [2.05, 4.69) is 5.43 Å². The SMILES string of the molecule is CC(C)CN(C[C@@H](O)[C@H](Cc1ccccc1)NN)S(=O)(=O)c1ccc(N)cc1. The van der Waals surface area contributed by atoms with Gasteiger partial charge in [-0.15, -0.1) is 0 Å². The van der Waals surface area contributed by atoms with Crippen LogP contribution in [0.15, 0.2) is 59.5 Å². The van der Waals surface area contributed by atoms with Crippen molar-refractivity contribution in [2.75, 3.05) is 18.8 Å². The number of nitrogens with two attached hydrogens (primary N) is 2. The molecular formula is C20H30N4O3S. The molecule has 0 aliphatic carbocycles. The summed E-state index contributed by atoms with van der Waals surface area (Å²) in [5, 5.41) is 10.7. The van der Waals surface area contributed by atoms with Crippen molar-refractivity contribution in [2.24, 2.45) is 11.8 Å². The second-order valence-electron chi connectivity index (χ2n) is 7.32. The Morgan fingerprint density at radius 2 is 1.64 bits per heavy atom. The smallest absolute Gasteiger partial charge is 0.243 e. The van der Waals surface area contributed by atoms with Gasteiger partial charge in [-0.05, 0) is 42.2 Å². The Kier molecular flexibility index (Phi) is 7.97. The van der Waals surface area contributed by atoms with E-state index in [1.165, 1.54) is 16.4 Å². The molecule has 0 aliphatic heterocycles. The molecule has 2 aromatic rings. The summed E-state index contributed by atoms with van der Waals surface area (Å²) in [6.07, 6.45) is -0.497. The predicted octanol–water partition coefficient (Wildman–Crippen LogP) is 1.35. The number of rotatable bonds is 10. The van der Waals surface area contributed by atoms with Crippen molar-refractivity contribution in [3.8, 4) is 0 Å². The Bertz CT molecular complexity index is 826. The summed E-state index contributed by atoms with van der Waals surface area (Å²) in [6.45, 7) is 4.08. The summed E-state index contributed by atoms with van der Waals surface area (Å²) in [6, 6.07) is 15.2. The highest BCUT2D eigenvalue weighted by atomic mass is 32.2. The van der Waals surface area contributed by atoms with Crippen LogP contribution in [0.2, 0.25) is 0 Å². The average Bonchev–Trinajstić information content (AvgIpc) is 2.66. The van der Waals surface area contributed by atoms with Gasteiger partial charge in [0.05, 0.1) is 17.0 Å². The van der Waals surface area contributed by atoms with Gasteiger partial charge >= 0.3 is 0 Å². The third-order valence-corrected chi connectivity index (χ3v) is 6.30. The fourth-order valence-corrected chi connectivity index (χ4v) is 4.60. The Morgan fingerprint density at radius 3 is 2.18 bits per heavy atom. The number of anilines is 1. The van der Waals surface area contributed by atoms with Crippen molar-refractivity contribution in [1.82, 2.24) is 9.73 Å². The van der Waals surface area contributed by atoms with Crippen molar-refractivity contribution >= 4 is 15.7 Å². The van der Waals surface area contributed by atoms with E-state index >= 15 is 0 Å². The summed E-state index contributed by atoms with van der Waals surface area (Å²) < 4.78 is 27.5. The first-order valence-corrected chi connectivity index (χ1v) is 10.7. The quantitative estimate of drug-likeness (QED) is 0.268. The summed E-state index contributed by atoms with van der Waals surface area (Å²) >= 11 is 0. The van der Waals surface area contributed by atoms with Crippen LogP contribution >= 0.6 is 0 Å². The fourth-order valence-electron chi connectivity index (χ4n) is 2.98. The summed E-state index contributed by atoms with van der Waals surface area (Å²) in [7, 11) is -3.77. The molecule has 2 rings (SSSR count). The molecule has 0 aliphatic rings. The molecule has 0 saturated carbocycles. The van der Waals surface area contributed by atoms with Crippen molar-refractivity contribution < 1.29 is 13.5 Å². The topological polar surface area (TPSA) is 122 Å². The number of hydrogen-bond donors (Lipinski definition) is 4. The molecule has 0 bridgehead atoms. The lowest BCUT2D eigenvalue weighted by Crippen LogP contribution is -2.51. The number of benzene rings is 2. The highest BCUT2D eigenvalue weighted by Crippen LogP contribution is 2.20. The van der Waals surface area contributed by atoms with Gasteiger partial charge in [-0.1, -0.05) is 44.2 Å². The van der Waals surface area contributed by atoms with Crippen LogP contribution < -0.4 is 17.0 Å². The predicted molar refractivity (Wildman–Crippen MR) is 112 cm³/mol. The molecule has 0 aromatic heterocycles. The number of aliphatic hydroxyl groups excluding tert-OH is 1. The summed E-state index contributed by atoms with van der Waals surface area (Å²) in [5.74, 6) is 5.74. The van der Waals surface area contributed by atoms with Gasteiger partial charge in [0.1, 0.15) is 0 Å². The number of sulfonamides is 1. The highest BCUT2D eigenvalue weighted by molar-refractivity contribution is 7.89. The van der Waals surface area contributed by atoms with Gasteiger partial charge in [0.2, 0.25) is 10.0 Å². The molecule has 6 N–H and O–H groups in total. The minimum Gasteiger partial charge on any atom is -0.399 e. The molecule has 28 heavy (non-hydrogen) atoms. The second-order valence-corrected chi connectivity index (χ2v) is 9.25. The van der Waals surface area contributed by atoms with E-state index in [1.807, 2.05) is 44.2 Å². The third-order valence-electron chi connectivity index (χ3n) is 4.45. The molecule has 154 valence electrons. The molecule has 8 heteroatoms. The first-order valence-electron chi connectivity index (χ1n) is 9.28. The molecule has 2 atom stereocenters. The van der Waals surface area contributed by atoms with E-state index in [-0.39, 0.29) is 23.9 Å². The minimum atomic E-state index is -3.77. The number of hydrogen-bond acceptors (Lipinski definition) is 6. The van der Waals surface area contributed by atoms with Crippen LogP contribution in [0.3, 0.4) is 0 Å². The number of nitrogens with one attached hydrogen (secondary N) is 1. The maximum atomic E-state index is 13.1. The van der Waals surface area contributed by atoms with Gasteiger partial charge in [-0.3, -0.25) is 11.3 Å². The van der Waals surface area contributed by atoms with E-state index in [1.54, 1.807) is 12.1 Å². The molecule has 7 nitrogen and oxygen atoms in total. The monoisotopic (exact) mass is 406 g/mol. The van der Waals surface area contributed by atoms with Gasteiger partial charge in [-0.2, -0.15) is 4.31 Å². The lowest BCUT2D eigenvalue weighted by Gasteiger charge is -2.30. The molecular weight excluding hydrogens is 376 g/mol. The van der Waals surface area contributed by atoms with Crippen LogP contribution in [-0.2, 0) is 16.4 Å². The first-order chi connectivity index (χ1) is 13.2. The zero-order chi connectivity index (χ0) is 20.7. The zero-order valence-electron chi connectivity index (χ0n) is 16.3. The normalized spacial score (nSPS) is 14.4. The highest BCUT2D eigenvalue weighted by Gasteiger charge is 2.30. The zero-order valence-corrected chi connectivity index (χ0v) is 17.1. The first kappa shape index (κ1) is 22.3. The van der Waals surface area contributed by atoms with Crippen LogP contribution in [0.5, 0.6) is 0 Å². The van der Waals surface area contributed by atoms with Gasteiger partial charge < -0.3 is 10.8 Å². The molecule has 0 heterocycles. The Balaban J connectivity index is 2.21. The minimum absolute atomic E-state index is 0.0629. The van der Waals surface area contributed by atoms with Crippen molar-refractivity contribution in [3.05, 3.63) is 60.2 Å². The second kappa shape index (κ2) is 9.99. The maximum absolute atomic E-state index is 13.1. The maximum Gasteiger partial charge on any atom is 0.243 e. The molecule has 0 radical (unpaired) electrons. The van der Waals surface area contributed by atoms with Crippen LogP contribution in [0.25, 0.3) is 0 Å². The van der Waals surface area contributed by atoms with Crippen LogP contribution in [0.1, 0.15) is 19.4 Å². The van der Waals surface area contributed by atoms with Crippen LogP contribution in [-0.4, -0.2) is 43.1 Å². The number of hydrazine groups is 1. The lowest BCUT2D eigenvalue weighted by molar-refractivity contribution is 0.102. The van der Waals surface area contributed by atoms with Gasteiger partial charge in [0.25, 0.3) is 0 Å². The molecule has 2 aromatic carbocycles. The lowest BCUT2D eigenvalue weighted by atomic mass is 10.0. The molecule has 0 fully saturated rings. The largest absolute Gasteiger partial charge is 0.399 e. The Morgan fingerprint density at radius 1 is 1.04 bits per heavy atom. The molecule has 0 amide bonds. The van der Waals surface area contributed by atoms with Crippen LogP contribution in [0.4, 0.5) is 5.69 Å². The van der Waals surface area contributed by atoms with Crippen molar-refractivity contribution in [1.29, 1.82) is 0 Å². The summed E-state index contributed by atoms with van der Waals surface area (Å²) in [4.78, 5) is 0.148. The van der Waals surface area contributed by atoms with E-state index in [4.69, 9.17) is 11.6 Å². The van der Waals surface area contributed by atoms with Gasteiger partial charge in [0, 0.05) is 18.8 Å². The fraction of sp³-hybridized carbons (Fsp3) is 0.400. The number of aliphatic hydroxyl groups is 1. The van der Waals surface area contributed by atoms with Gasteiger partial charge in [-0.25, -0.2) is 8.42 Å². The Labute approximate surface area is 167 Å². The third kappa shape index (κ3) is 6.02. The standard InChI is InChI=1S/C20H30N4O3S/c1-15(2)13-24(28(26,27)18-10-8-17(21)9-11-18)14-20(25)19(23-22)12-16-6-4-3-5-7-16/h3-11,15,19-20,23,25H,12-14,21-22H2,1-2H3/t19-,20+/m0/s1. The van der Waals surface area contributed by atoms with E-state index in [0.717, 1.165) is 5.56 Å². The number of nitrogens with zero attached hydrogens (tertiary/aromatic N) is 1. The average molecular weight is 407 g/mol. The van der Waals surface area contributed by atoms with E-state index in [9.17, 15) is 13.5 Å². The molecule has 0 spiro atoms. The van der Waals surface area contributed by atoms with E-state index in [0.29, 0.717) is 12.1 Å². The summed E-state index contributed by atoms with van der Waals surface area (Å²) in [5.41, 5.74) is 9.78. The van der Waals surface area contributed by atoms with Crippen molar-refractivity contribution in [3.63, 3.8) is 0 Å². The van der Waals surface area contributed by atoms with E-state index < -0.39 is 22.2 Å². The van der Waals surface area contributed by atoms with Crippen molar-refractivity contribution in [2.45, 2.75) is 37.3 Å². The van der Waals surface area contributed by atoms with Crippen LogP contribution in [0, 0.1) is 5.92 Å². The molecule has 0 saturated heterocycles. The number of nitrogen functional groups attached to an aromatic ring is 1. The van der Waals surface area contributed by atoms with Gasteiger partial charge in [0.15, 0.2) is 0 Å². The Hall–Kier alpha value is -1.97. The molecule has 0 unspecified atom stereocenters.